The second kappa shape index (κ2) is 6.48. The predicted octanol–water partition coefficient (Wildman–Crippen LogP) is 4.81. The van der Waals surface area contributed by atoms with Crippen molar-refractivity contribution in [3.05, 3.63) is 66.4 Å². The highest BCUT2D eigenvalue weighted by Crippen LogP contribution is 2.26. The summed E-state index contributed by atoms with van der Waals surface area (Å²) < 4.78 is 5.49. The van der Waals surface area contributed by atoms with Gasteiger partial charge in [-0.1, -0.05) is 30.3 Å². The number of benzene rings is 2. The second-order valence-corrected chi connectivity index (χ2v) is 5.25. The molecular weight excluding hydrogens is 272 g/mol. The Morgan fingerprint density at radius 2 is 1.82 bits per heavy atom. The molecule has 3 nitrogen and oxygen atoms in total. The van der Waals surface area contributed by atoms with Crippen LogP contribution in [0.3, 0.4) is 0 Å². The van der Waals surface area contributed by atoms with Crippen LogP contribution in [0, 0.1) is 0 Å². The van der Waals surface area contributed by atoms with Crippen molar-refractivity contribution < 1.29 is 4.74 Å². The summed E-state index contributed by atoms with van der Waals surface area (Å²) in [6.45, 7) is 4.83. The third kappa shape index (κ3) is 3.03. The van der Waals surface area contributed by atoms with Crippen LogP contribution < -0.4 is 10.1 Å². The van der Waals surface area contributed by atoms with E-state index in [1.54, 1.807) is 0 Å². The molecule has 0 fully saturated rings. The van der Waals surface area contributed by atoms with Gasteiger partial charge in [0.2, 0.25) is 0 Å². The number of pyridine rings is 1. The molecule has 3 heteroatoms. The van der Waals surface area contributed by atoms with E-state index in [1.807, 2.05) is 31.3 Å². The van der Waals surface area contributed by atoms with Crippen molar-refractivity contribution in [3.8, 4) is 5.75 Å². The first-order valence-electron chi connectivity index (χ1n) is 7.61. The van der Waals surface area contributed by atoms with Crippen molar-refractivity contribution >= 4 is 16.6 Å². The van der Waals surface area contributed by atoms with Gasteiger partial charge >= 0.3 is 0 Å². The maximum Gasteiger partial charge on any atom is 0.119 e. The summed E-state index contributed by atoms with van der Waals surface area (Å²) in [5, 5.41) is 4.69. The van der Waals surface area contributed by atoms with E-state index in [2.05, 4.69) is 53.6 Å². The summed E-state index contributed by atoms with van der Waals surface area (Å²) in [5.41, 5.74) is 3.28. The molecule has 0 aliphatic carbocycles. The normalized spacial score (nSPS) is 12.1. The molecule has 1 N–H and O–H groups in total. The zero-order chi connectivity index (χ0) is 15.4. The maximum absolute atomic E-state index is 5.49. The van der Waals surface area contributed by atoms with Crippen LogP contribution in [-0.2, 0) is 0 Å². The van der Waals surface area contributed by atoms with E-state index in [4.69, 9.17) is 4.74 Å². The molecule has 3 rings (SSSR count). The predicted molar refractivity (Wildman–Crippen MR) is 91.4 cm³/mol. The Kier molecular flexibility index (Phi) is 4.24. The molecule has 0 spiro atoms. The van der Waals surface area contributed by atoms with Gasteiger partial charge in [-0.15, -0.1) is 0 Å². The lowest BCUT2D eigenvalue weighted by Gasteiger charge is -2.17. The molecule has 1 aromatic heterocycles. The van der Waals surface area contributed by atoms with Crippen LogP contribution in [0.25, 0.3) is 10.9 Å². The van der Waals surface area contributed by atoms with Gasteiger partial charge < -0.3 is 10.1 Å². The minimum Gasteiger partial charge on any atom is -0.494 e. The van der Waals surface area contributed by atoms with Gasteiger partial charge in [0.05, 0.1) is 17.8 Å². The monoisotopic (exact) mass is 292 g/mol. The van der Waals surface area contributed by atoms with E-state index in [9.17, 15) is 0 Å². The third-order valence-electron chi connectivity index (χ3n) is 3.70. The first-order chi connectivity index (χ1) is 10.8. The number of anilines is 1. The van der Waals surface area contributed by atoms with E-state index in [0.717, 1.165) is 22.3 Å². The molecule has 1 heterocycles. The quantitative estimate of drug-likeness (QED) is 0.733. The Morgan fingerprint density at radius 3 is 2.59 bits per heavy atom. The number of hydrogen-bond acceptors (Lipinski definition) is 3. The molecule has 3 aromatic rings. The molecule has 1 unspecified atom stereocenters. The second-order valence-electron chi connectivity index (χ2n) is 5.25. The molecule has 0 saturated carbocycles. The molecule has 0 aliphatic rings. The molecule has 2 aromatic carbocycles. The first-order valence-corrected chi connectivity index (χ1v) is 7.61. The van der Waals surface area contributed by atoms with Crippen LogP contribution in [0.2, 0.25) is 0 Å². The lowest BCUT2D eigenvalue weighted by Crippen LogP contribution is -2.07. The fraction of sp³-hybridized carbons (Fsp3) is 0.211. The highest BCUT2D eigenvalue weighted by atomic mass is 16.5. The summed E-state index contributed by atoms with van der Waals surface area (Å²) in [4.78, 5) is 4.48. The van der Waals surface area contributed by atoms with Crippen LogP contribution in [0.15, 0.2) is 60.8 Å². The molecule has 0 aliphatic heterocycles. The van der Waals surface area contributed by atoms with E-state index in [1.165, 1.54) is 5.56 Å². The topological polar surface area (TPSA) is 34.1 Å². The molecule has 0 amide bonds. The summed E-state index contributed by atoms with van der Waals surface area (Å²) in [6.07, 6.45) is 1.83. The molecular formula is C19H20N2O. The van der Waals surface area contributed by atoms with Crippen molar-refractivity contribution in [3.63, 3.8) is 0 Å². The number of fused-ring (bicyclic) bond motifs is 1. The van der Waals surface area contributed by atoms with E-state index in [-0.39, 0.29) is 6.04 Å². The number of aromatic nitrogens is 1. The van der Waals surface area contributed by atoms with Crippen molar-refractivity contribution in [1.29, 1.82) is 0 Å². The van der Waals surface area contributed by atoms with Gasteiger partial charge in [-0.2, -0.15) is 0 Å². The van der Waals surface area contributed by atoms with Crippen molar-refractivity contribution in [2.75, 3.05) is 11.9 Å². The van der Waals surface area contributed by atoms with Gasteiger partial charge in [-0.05, 0) is 43.7 Å². The van der Waals surface area contributed by atoms with Crippen LogP contribution in [0.1, 0.15) is 25.5 Å². The van der Waals surface area contributed by atoms with Gasteiger partial charge in [-0.25, -0.2) is 0 Å². The van der Waals surface area contributed by atoms with Gasteiger partial charge in [0.15, 0.2) is 0 Å². The van der Waals surface area contributed by atoms with Crippen LogP contribution >= 0.6 is 0 Å². The standard InChI is InChI=1S/C19H20N2O/c1-3-22-17-11-9-15(10-12-17)14(2)21-18-8-4-6-16-7-5-13-20-19(16)18/h4-14,21H,3H2,1-2H3. The van der Waals surface area contributed by atoms with Gasteiger partial charge in [0.1, 0.15) is 5.75 Å². The Morgan fingerprint density at radius 1 is 1.05 bits per heavy atom. The van der Waals surface area contributed by atoms with Crippen molar-refractivity contribution in [1.82, 2.24) is 4.98 Å². The fourth-order valence-corrected chi connectivity index (χ4v) is 2.56. The SMILES string of the molecule is CCOc1ccc(C(C)Nc2cccc3cccnc23)cc1. The Bertz CT molecular complexity index is 747. The summed E-state index contributed by atoms with van der Waals surface area (Å²) in [7, 11) is 0. The van der Waals surface area contributed by atoms with E-state index in [0.29, 0.717) is 6.61 Å². The Labute approximate surface area is 131 Å². The van der Waals surface area contributed by atoms with E-state index >= 15 is 0 Å². The molecule has 0 saturated heterocycles. The lowest BCUT2D eigenvalue weighted by atomic mass is 10.1. The Balaban J connectivity index is 1.82. The lowest BCUT2D eigenvalue weighted by molar-refractivity contribution is 0.340. The Hall–Kier alpha value is -2.55. The van der Waals surface area contributed by atoms with Gasteiger partial charge in [-0.3, -0.25) is 4.98 Å². The average Bonchev–Trinajstić information content (AvgIpc) is 2.56. The fourth-order valence-electron chi connectivity index (χ4n) is 2.56. The van der Waals surface area contributed by atoms with E-state index < -0.39 is 0 Å². The summed E-state index contributed by atoms with van der Waals surface area (Å²) in [5.74, 6) is 0.908. The zero-order valence-electron chi connectivity index (χ0n) is 12.9. The minimum atomic E-state index is 0.197. The van der Waals surface area contributed by atoms with Crippen LogP contribution in [-0.4, -0.2) is 11.6 Å². The number of rotatable bonds is 5. The molecule has 112 valence electrons. The molecule has 0 bridgehead atoms. The number of nitrogens with one attached hydrogen (secondary N) is 1. The van der Waals surface area contributed by atoms with Gasteiger partial charge in [0.25, 0.3) is 0 Å². The first kappa shape index (κ1) is 14.4. The molecule has 22 heavy (non-hydrogen) atoms. The highest BCUT2D eigenvalue weighted by Gasteiger charge is 2.08. The zero-order valence-corrected chi connectivity index (χ0v) is 12.9. The number of para-hydroxylation sites is 1. The highest BCUT2D eigenvalue weighted by molar-refractivity contribution is 5.90. The smallest absolute Gasteiger partial charge is 0.119 e. The average molecular weight is 292 g/mol. The van der Waals surface area contributed by atoms with Crippen LogP contribution in [0.5, 0.6) is 5.75 Å². The molecule has 0 radical (unpaired) electrons. The summed E-state index contributed by atoms with van der Waals surface area (Å²) in [6, 6.07) is 18.7. The van der Waals surface area contributed by atoms with Crippen molar-refractivity contribution in [2.24, 2.45) is 0 Å². The van der Waals surface area contributed by atoms with Crippen molar-refractivity contribution in [2.45, 2.75) is 19.9 Å². The van der Waals surface area contributed by atoms with Crippen LogP contribution in [0.4, 0.5) is 5.69 Å². The maximum atomic E-state index is 5.49. The largest absolute Gasteiger partial charge is 0.494 e. The third-order valence-corrected chi connectivity index (χ3v) is 3.70. The number of ether oxygens (including phenoxy) is 1. The minimum absolute atomic E-state index is 0.197. The molecule has 1 atom stereocenters. The number of hydrogen-bond donors (Lipinski definition) is 1. The number of nitrogens with zero attached hydrogens (tertiary/aromatic N) is 1. The summed E-state index contributed by atoms with van der Waals surface area (Å²) >= 11 is 0. The van der Waals surface area contributed by atoms with Gasteiger partial charge in [0, 0.05) is 17.6 Å².